The number of hydrogen-bond acceptors (Lipinski definition) is 4. The Kier molecular flexibility index (Phi) is 7.64. The van der Waals surface area contributed by atoms with Crippen molar-refractivity contribution in [3.8, 4) is 5.75 Å². The first-order valence-corrected chi connectivity index (χ1v) is 8.48. The van der Waals surface area contributed by atoms with Crippen LogP contribution in [-0.4, -0.2) is 37.2 Å². The van der Waals surface area contributed by atoms with Crippen LogP contribution in [0, 0.1) is 5.92 Å². The lowest BCUT2D eigenvalue weighted by molar-refractivity contribution is -0.146. The maximum atomic E-state index is 12.2. The lowest BCUT2D eigenvalue weighted by Crippen LogP contribution is -2.41. The largest absolute Gasteiger partial charge is 0.497 e. The predicted molar refractivity (Wildman–Crippen MR) is 99.0 cm³/mol. The Morgan fingerprint density at radius 3 is 2.35 bits per heavy atom. The van der Waals surface area contributed by atoms with Gasteiger partial charge in [0.1, 0.15) is 11.7 Å². The number of methoxy groups -OCH3 is 1. The number of aliphatic carboxylic acids is 1. The Balaban J connectivity index is 1.76. The van der Waals surface area contributed by atoms with Crippen molar-refractivity contribution in [3.63, 3.8) is 0 Å². The summed E-state index contributed by atoms with van der Waals surface area (Å²) in [5.41, 5.74) is 2.08. The second-order valence-corrected chi connectivity index (χ2v) is 5.90. The summed E-state index contributed by atoms with van der Waals surface area (Å²) in [6.45, 7) is 0.982. The molecule has 0 radical (unpaired) electrons. The molecule has 0 heterocycles. The minimum atomic E-state index is -1.13. The zero-order chi connectivity index (χ0) is 18.8. The number of carboxylic acids is 1. The van der Waals surface area contributed by atoms with E-state index in [0.717, 1.165) is 16.9 Å². The normalized spacial score (nSPS) is 11.6. The number of amides is 1. The Morgan fingerprint density at radius 1 is 1.04 bits per heavy atom. The first kappa shape index (κ1) is 19.5. The van der Waals surface area contributed by atoms with E-state index in [0.29, 0.717) is 19.5 Å². The van der Waals surface area contributed by atoms with Crippen LogP contribution >= 0.6 is 0 Å². The van der Waals surface area contributed by atoms with Crippen molar-refractivity contribution in [1.29, 1.82) is 0 Å². The van der Waals surface area contributed by atoms with Gasteiger partial charge in [-0.15, -0.1) is 0 Å². The Hall–Kier alpha value is -2.86. The summed E-state index contributed by atoms with van der Waals surface area (Å²) in [6.07, 6.45) is 0.625. The molecular weight excluding hydrogens is 332 g/mol. The van der Waals surface area contributed by atoms with Crippen molar-refractivity contribution >= 4 is 11.9 Å². The van der Waals surface area contributed by atoms with Crippen LogP contribution in [0.3, 0.4) is 0 Å². The second kappa shape index (κ2) is 10.2. The molecule has 0 aromatic heterocycles. The summed E-state index contributed by atoms with van der Waals surface area (Å²) in [7, 11) is 1.60. The molecule has 6 heteroatoms. The summed E-state index contributed by atoms with van der Waals surface area (Å²) in [5.74, 6) is -1.96. The SMILES string of the molecule is COc1ccc(CCNC(=O)C(CNCc2ccccc2)C(=O)O)cc1. The van der Waals surface area contributed by atoms with Gasteiger partial charge in [0.15, 0.2) is 0 Å². The van der Waals surface area contributed by atoms with Crippen LogP contribution in [0.1, 0.15) is 11.1 Å². The van der Waals surface area contributed by atoms with Crippen LogP contribution < -0.4 is 15.4 Å². The number of carbonyl (C=O) groups excluding carboxylic acids is 1. The molecule has 138 valence electrons. The Labute approximate surface area is 153 Å². The van der Waals surface area contributed by atoms with Crippen LogP contribution in [0.4, 0.5) is 0 Å². The van der Waals surface area contributed by atoms with Gasteiger partial charge in [-0.3, -0.25) is 9.59 Å². The molecule has 0 fully saturated rings. The van der Waals surface area contributed by atoms with Gasteiger partial charge in [-0.1, -0.05) is 42.5 Å². The molecule has 0 aliphatic carbocycles. The second-order valence-electron chi connectivity index (χ2n) is 5.90. The average Bonchev–Trinajstić information content (AvgIpc) is 2.66. The average molecular weight is 356 g/mol. The fourth-order valence-electron chi connectivity index (χ4n) is 2.49. The summed E-state index contributed by atoms with van der Waals surface area (Å²) in [4.78, 5) is 23.5. The number of nitrogens with one attached hydrogen (secondary N) is 2. The fraction of sp³-hybridized carbons (Fsp3) is 0.300. The highest BCUT2D eigenvalue weighted by molar-refractivity contribution is 5.97. The third kappa shape index (κ3) is 6.22. The molecular formula is C20H24N2O4. The van der Waals surface area contributed by atoms with Gasteiger partial charge in [-0.25, -0.2) is 0 Å². The lowest BCUT2D eigenvalue weighted by Gasteiger charge is -2.14. The first-order valence-electron chi connectivity index (χ1n) is 8.48. The molecule has 0 saturated carbocycles. The van der Waals surface area contributed by atoms with Crippen molar-refractivity contribution in [1.82, 2.24) is 10.6 Å². The van der Waals surface area contributed by atoms with Gasteiger partial charge in [-0.2, -0.15) is 0 Å². The number of rotatable bonds is 10. The van der Waals surface area contributed by atoms with E-state index >= 15 is 0 Å². The minimum absolute atomic E-state index is 0.0819. The maximum absolute atomic E-state index is 12.2. The van der Waals surface area contributed by atoms with Gasteiger partial charge < -0.3 is 20.5 Å². The van der Waals surface area contributed by atoms with Crippen molar-refractivity contribution < 1.29 is 19.4 Å². The van der Waals surface area contributed by atoms with Gasteiger partial charge in [0.05, 0.1) is 7.11 Å². The highest BCUT2D eigenvalue weighted by atomic mass is 16.5. The highest BCUT2D eigenvalue weighted by Gasteiger charge is 2.25. The van der Waals surface area contributed by atoms with Crippen LogP contribution in [0.25, 0.3) is 0 Å². The van der Waals surface area contributed by atoms with E-state index in [1.165, 1.54) is 0 Å². The molecule has 1 unspecified atom stereocenters. The predicted octanol–water partition coefficient (Wildman–Crippen LogP) is 1.84. The maximum Gasteiger partial charge on any atom is 0.317 e. The van der Waals surface area contributed by atoms with E-state index in [4.69, 9.17) is 4.74 Å². The van der Waals surface area contributed by atoms with Crippen molar-refractivity contribution in [3.05, 3.63) is 65.7 Å². The van der Waals surface area contributed by atoms with E-state index in [1.54, 1.807) is 7.11 Å². The molecule has 1 atom stereocenters. The van der Waals surface area contributed by atoms with Gasteiger partial charge >= 0.3 is 5.97 Å². The highest BCUT2D eigenvalue weighted by Crippen LogP contribution is 2.11. The van der Waals surface area contributed by atoms with Gasteiger partial charge in [0.25, 0.3) is 0 Å². The summed E-state index contributed by atoms with van der Waals surface area (Å²) < 4.78 is 5.10. The van der Waals surface area contributed by atoms with E-state index in [1.807, 2.05) is 54.6 Å². The number of benzene rings is 2. The van der Waals surface area contributed by atoms with Gasteiger partial charge in [-0.05, 0) is 29.7 Å². The molecule has 0 saturated heterocycles. The fourth-order valence-corrected chi connectivity index (χ4v) is 2.49. The molecule has 26 heavy (non-hydrogen) atoms. The Bertz CT molecular complexity index is 702. The molecule has 0 aliphatic heterocycles. The molecule has 2 aromatic rings. The lowest BCUT2D eigenvalue weighted by atomic mass is 10.1. The summed E-state index contributed by atoms with van der Waals surface area (Å²) >= 11 is 0. The third-order valence-corrected chi connectivity index (χ3v) is 4.01. The molecule has 0 aliphatic rings. The topological polar surface area (TPSA) is 87.7 Å². The van der Waals surface area contributed by atoms with Crippen molar-refractivity contribution in [2.24, 2.45) is 5.92 Å². The van der Waals surface area contributed by atoms with Crippen LogP contribution in [0.2, 0.25) is 0 Å². The zero-order valence-corrected chi connectivity index (χ0v) is 14.8. The molecule has 3 N–H and O–H groups in total. The van der Waals surface area contributed by atoms with E-state index in [2.05, 4.69) is 10.6 Å². The van der Waals surface area contributed by atoms with Crippen LogP contribution in [0.5, 0.6) is 5.75 Å². The molecule has 2 aromatic carbocycles. The number of ether oxygens (including phenoxy) is 1. The van der Waals surface area contributed by atoms with Crippen molar-refractivity contribution in [2.75, 3.05) is 20.2 Å². The first-order chi connectivity index (χ1) is 12.6. The molecule has 0 spiro atoms. The summed E-state index contributed by atoms with van der Waals surface area (Å²) in [5, 5.41) is 15.0. The molecule has 1 amide bonds. The van der Waals surface area contributed by atoms with Crippen LogP contribution in [0.15, 0.2) is 54.6 Å². The quantitative estimate of drug-likeness (QED) is 0.566. The smallest absolute Gasteiger partial charge is 0.317 e. The minimum Gasteiger partial charge on any atom is -0.497 e. The van der Waals surface area contributed by atoms with E-state index < -0.39 is 17.8 Å². The number of carboxylic acid groups (broad SMARTS) is 1. The zero-order valence-electron chi connectivity index (χ0n) is 14.8. The van der Waals surface area contributed by atoms with E-state index in [9.17, 15) is 14.7 Å². The summed E-state index contributed by atoms with van der Waals surface area (Å²) in [6, 6.07) is 17.2. The monoisotopic (exact) mass is 356 g/mol. The van der Waals surface area contributed by atoms with Crippen molar-refractivity contribution in [2.45, 2.75) is 13.0 Å². The Morgan fingerprint density at radius 2 is 1.73 bits per heavy atom. The van der Waals surface area contributed by atoms with Gasteiger partial charge in [0, 0.05) is 19.6 Å². The number of hydrogen-bond donors (Lipinski definition) is 3. The number of carbonyl (C=O) groups is 2. The van der Waals surface area contributed by atoms with Crippen LogP contribution in [-0.2, 0) is 22.6 Å². The molecule has 0 bridgehead atoms. The molecule has 6 nitrogen and oxygen atoms in total. The van der Waals surface area contributed by atoms with E-state index in [-0.39, 0.29) is 6.54 Å². The molecule has 2 rings (SSSR count). The van der Waals surface area contributed by atoms with Gasteiger partial charge in [0.2, 0.25) is 5.91 Å². The third-order valence-electron chi connectivity index (χ3n) is 4.01. The standard InChI is InChI=1S/C20H24N2O4/c1-26-17-9-7-15(8-10-17)11-12-22-19(23)18(20(24)25)14-21-13-16-5-3-2-4-6-16/h2-10,18,21H,11-14H2,1H3,(H,22,23)(H,24,25).